The van der Waals surface area contributed by atoms with Crippen molar-refractivity contribution in [1.29, 1.82) is 0 Å². The van der Waals surface area contributed by atoms with E-state index < -0.39 is 15.9 Å². The summed E-state index contributed by atoms with van der Waals surface area (Å²) in [6.07, 6.45) is 5.08. The molecule has 5 rings (SSSR count). The van der Waals surface area contributed by atoms with Crippen molar-refractivity contribution in [2.45, 2.75) is 43.0 Å². The Morgan fingerprint density at radius 2 is 1.70 bits per heavy atom. The van der Waals surface area contributed by atoms with Gasteiger partial charge in [0, 0.05) is 17.7 Å². The second kappa shape index (κ2) is 11.0. The number of aromatic nitrogens is 2. The summed E-state index contributed by atoms with van der Waals surface area (Å²) in [6, 6.07) is 17.0. The van der Waals surface area contributed by atoms with Crippen LogP contribution >= 0.6 is 0 Å². The molecule has 0 atom stereocenters. The normalized spacial score (nSPS) is 14.2. The Morgan fingerprint density at radius 3 is 2.38 bits per heavy atom. The molecular weight excluding hydrogens is 536 g/mol. The van der Waals surface area contributed by atoms with Gasteiger partial charge in [-0.15, -0.1) is 0 Å². The topological polar surface area (TPSA) is 129 Å². The highest BCUT2D eigenvalue weighted by molar-refractivity contribution is 7.90. The summed E-state index contributed by atoms with van der Waals surface area (Å²) in [6.45, 7) is 0. The van der Waals surface area contributed by atoms with E-state index in [1.54, 1.807) is 42.1 Å². The maximum atomic E-state index is 13.8. The van der Waals surface area contributed by atoms with Gasteiger partial charge in [0.1, 0.15) is 5.75 Å². The van der Waals surface area contributed by atoms with Crippen molar-refractivity contribution in [2.75, 3.05) is 14.2 Å². The third-order valence-corrected chi connectivity index (χ3v) is 8.44. The molecule has 1 aliphatic rings. The first-order valence-corrected chi connectivity index (χ1v) is 14.3. The van der Waals surface area contributed by atoms with Crippen LogP contribution in [0.4, 0.5) is 5.69 Å². The van der Waals surface area contributed by atoms with Gasteiger partial charge in [-0.25, -0.2) is 22.7 Å². The van der Waals surface area contributed by atoms with E-state index in [9.17, 15) is 22.9 Å². The molecule has 208 valence electrons. The van der Waals surface area contributed by atoms with Crippen molar-refractivity contribution in [2.24, 2.45) is 0 Å². The van der Waals surface area contributed by atoms with Crippen molar-refractivity contribution in [1.82, 2.24) is 14.1 Å². The van der Waals surface area contributed by atoms with Crippen LogP contribution in [0.1, 0.15) is 48.5 Å². The fourth-order valence-corrected chi connectivity index (χ4v) is 6.14. The van der Waals surface area contributed by atoms with Gasteiger partial charge in [-0.3, -0.25) is 14.3 Å². The molecule has 1 saturated carbocycles. The average Bonchev–Trinajstić information content (AvgIpc) is 3.28. The zero-order valence-electron chi connectivity index (χ0n) is 22.1. The van der Waals surface area contributed by atoms with E-state index in [1.807, 2.05) is 9.40 Å². The molecule has 0 spiro atoms. The van der Waals surface area contributed by atoms with Crippen molar-refractivity contribution in [3.63, 3.8) is 0 Å². The predicted octanol–water partition coefficient (Wildman–Crippen LogP) is 4.40. The summed E-state index contributed by atoms with van der Waals surface area (Å²) >= 11 is 0. The Hall–Kier alpha value is -4.45. The minimum atomic E-state index is -4.33. The van der Waals surface area contributed by atoms with Crippen LogP contribution in [-0.2, 0) is 14.9 Å². The molecule has 1 aliphatic carbocycles. The van der Waals surface area contributed by atoms with Gasteiger partial charge < -0.3 is 4.74 Å². The van der Waals surface area contributed by atoms with Gasteiger partial charge in [0.05, 0.1) is 39.5 Å². The molecule has 0 bridgehead atoms. The number of hydrogen-bond donors (Lipinski definition) is 1. The van der Waals surface area contributed by atoms with Gasteiger partial charge in [0.25, 0.3) is 26.4 Å². The molecule has 0 aliphatic heterocycles. The highest BCUT2D eigenvalue weighted by atomic mass is 32.2. The summed E-state index contributed by atoms with van der Waals surface area (Å²) in [5, 5.41) is 0.301. The molecule has 1 amide bonds. The van der Waals surface area contributed by atoms with Gasteiger partial charge in [-0.1, -0.05) is 25.3 Å². The number of sulfonamides is 1. The maximum Gasteiger partial charge on any atom is 0.318 e. The van der Waals surface area contributed by atoms with Crippen molar-refractivity contribution in [3.8, 4) is 11.4 Å². The lowest BCUT2D eigenvalue weighted by Gasteiger charge is -2.26. The Bertz CT molecular complexity index is 1750. The number of benzene rings is 3. The second-order valence-corrected chi connectivity index (χ2v) is 11.2. The van der Waals surface area contributed by atoms with Gasteiger partial charge in [0.2, 0.25) is 0 Å². The van der Waals surface area contributed by atoms with Crippen molar-refractivity contribution >= 4 is 32.5 Å². The summed E-state index contributed by atoms with van der Waals surface area (Å²) < 4.78 is 36.8. The van der Waals surface area contributed by atoms with Crippen LogP contribution in [0.3, 0.4) is 0 Å². The molecule has 1 heterocycles. The number of fused-ring (bicyclic) bond motifs is 1. The van der Waals surface area contributed by atoms with Crippen LogP contribution in [0.25, 0.3) is 16.6 Å². The number of carbonyl (C=O) groups is 1. The monoisotopic (exact) mass is 565 g/mol. The summed E-state index contributed by atoms with van der Waals surface area (Å²) in [7, 11) is -1.61. The molecule has 0 unspecified atom stereocenters. The van der Waals surface area contributed by atoms with E-state index >= 15 is 0 Å². The van der Waals surface area contributed by atoms with E-state index in [0.29, 0.717) is 22.3 Å². The lowest BCUT2D eigenvalue weighted by Crippen LogP contribution is -2.30. The number of rotatable bonds is 8. The minimum Gasteiger partial charge on any atom is -0.497 e. The number of amides is 1. The van der Waals surface area contributed by atoms with Crippen LogP contribution in [0.2, 0.25) is 0 Å². The third-order valence-electron chi connectivity index (χ3n) is 7.11. The van der Waals surface area contributed by atoms with Crippen molar-refractivity contribution < 1.29 is 27.7 Å². The number of hydrogen-bond acceptors (Lipinski definition) is 7. The number of ether oxygens (including phenoxy) is 1. The first-order valence-electron chi connectivity index (χ1n) is 12.8. The molecule has 3 aromatic carbocycles. The minimum absolute atomic E-state index is 0.00866. The number of nitrogens with zero attached hydrogens (tertiary/aromatic N) is 3. The summed E-state index contributed by atoms with van der Waals surface area (Å²) in [5.41, 5.74) is 0.960. The molecule has 40 heavy (non-hydrogen) atoms. The predicted molar refractivity (Wildman–Crippen MR) is 148 cm³/mol. The van der Waals surface area contributed by atoms with E-state index in [4.69, 9.17) is 4.74 Å². The molecule has 12 heteroatoms. The Kier molecular flexibility index (Phi) is 7.44. The molecule has 11 nitrogen and oxygen atoms in total. The van der Waals surface area contributed by atoms with Crippen LogP contribution in [0, 0.1) is 4.91 Å². The summed E-state index contributed by atoms with van der Waals surface area (Å²) in [5.74, 6) is -0.244. The summed E-state index contributed by atoms with van der Waals surface area (Å²) in [4.78, 5) is 43.0. The number of methoxy groups -OCH3 is 1. The largest absolute Gasteiger partial charge is 0.497 e. The molecule has 1 N–H and O–H groups in total. The fraction of sp³-hybridized carbons (Fsp3) is 0.286. The average molecular weight is 566 g/mol. The molecule has 1 aromatic heterocycles. The molecular formula is C28H29N4O7S+. The highest BCUT2D eigenvalue weighted by Gasteiger charge is 2.26. The van der Waals surface area contributed by atoms with Crippen molar-refractivity contribution in [3.05, 3.63) is 87.6 Å². The van der Waals surface area contributed by atoms with E-state index in [0.717, 1.165) is 45.3 Å². The number of carbonyl (C=O) groups excluding carboxylic acids is 1. The van der Waals surface area contributed by atoms with Crippen LogP contribution < -0.4 is 15.0 Å². The van der Waals surface area contributed by atoms with Gasteiger partial charge >= 0.3 is 5.69 Å². The van der Waals surface area contributed by atoms with Gasteiger partial charge in [0.15, 0.2) is 7.11 Å². The SMILES string of the molecule is COc1ccc(-n2c(=O)c3cc(C(=O)NS(=O)(=O)c4cccc([N+](=O)OC)c4)ccc3n2C2CCCCC2)cc1. The maximum absolute atomic E-state index is 13.8. The van der Waals surface area contributed by atoms with E-state index in [-0.39, 0.29) is 32.7 Å². The second-order valence-electron chi connectivity index (χ2n) is 9.55. The van der Waals surface area contributed by atoms with Crippen LogP contribution in [-0.4, -0.2) is 42.8 Å². The first kappa shape index (κ1) is 27.1. The molecule has 0 radical (unpaired) electrons. The lowest BCUT2D eigenvalue weighted by molar-refractivity contribution is -0.736. The Balaban J connectivity index is 1.54. The third kappa shape index (κ3) is 5.09. The molecule has 0 saturated heterocycles. The Labute approximate surface area is 230 Å². The lowest BCUT2D eigenvalue weighted by atomic mass is 9.95. The van der Waals surface area contributed by atoms with Gasteiger partial charge in [-0.05, 0) is 61.4 Å². The van der Waals surface area contributed by atoms with Gasteiger partial charge in [-0.2, -0.15) is 0 Å². The van der Waals surface area contributed by atoms with E-state index in [1.165, 1.54) is 30.3 Å². The Morgan fingerprint density at radius 1 is 0.975 bits per heavy atom. The smallest absolute Gasteiger partial charge is 0.318 e. The zero-order valence-corrected chi connectivity index (χ0v) is 22.9. The van der Waals surface area contributed by atoms with Crippen LogP contribution in [0.5, 0.6) is 5.75 Å². The quantitative estimate of drug-likeness (QED) is 0.314. The highest BCUT2D eigenvalue weighted by Crippen LogP contribution is 2.32. The van der Waals surface area contributed by atoms with E-state index in [2.05, 4.69) is 4.84 Å². The standard InChI is InChI=1S/C28H28N4O7S/c1-38-23-14-12-21(13-15-23)31-28(34)25-17-19(11-16-26(25)30(31)20-7-4-3-5-8-20)27(33)29-40(36,37)24-10-6-9-22(18-24)32(35)39-2/h6,9-18,20H,3-5,7-8H2,1-2H3/p+1. The number of nitrogens with one attached hydrogen (secondary N) is 1. The van der Waals surface area contributed by atoms with Crippen LogP contribution in [0.15, 0.2) is 76.4 Å². The first-order chi connectivity index (χ1) is 19.2. The molecule has 1 fully saturated rings. The molecule has 4 aromatic rings. The fourth-order valence-electron chi connectivity index (χ4n) is 5.13. The zero-order chi connectivity index (χ0) is 28.4.